The lowest BCUT2D eigenvalue weighted by atomic mass is 10.1. The van der Waals surface area contributed by atoms with Crippen molar-refractivity contribution in [1.82, 2.24) is 14.7 Å². The Morgan fingerprint density at radius 2 is 2.24 bits per heavy atom. The molecule has 0 aliphatic heterocycles. The largest absolute Gasteiger partial charge is 0.350 e. The third kappa shape index (κ3) is 3.20. The first-order valence-corrected chi connectivity index (χ1v) is 7.91. The van der Waals surface area contributed by atoms with Crippen LogP contribution >= 0.6 is 34.5 Å². The Kier molecular flexibility index (Phi) is 4.14. The first-order chi connectivity index (χ1) is 10.1. The molecule has 3 rings (SSSR count). The van der Waals surface area contributed by atoms with Crippen molar-refractivity contribution in [3.63, 3.8) is 0 Å². The summed E-state index contributed by atoms with van der Waals surface area (Å²) in [6, 6.07) is 5.35. The summed E-state index contributed by atoms with van der Waals surface area (Å²) in [4.78, 5) is 17.1. The van der Waals surface area contributed by atoms with Gasteiger partial charge >= 0.3 is 0 Å². The second-order valence-corrected chi connectivity index (χ2v) is 6.18. The number of hydrogen-bond acceptors (Lipinski definition) is 3. The van der Waals surface area contributed by atoms with Gasteiger partial charge in [0.1, 0.15) is 5.69 Å². The van der Waals surface area contributed by atoms with E-state index in [1.807, 2.05) is 22.0 Å². The third-order valence-electron chi connectivity index (χ3n) is 3.02. The van der Waals surface area contributed by atoms with Gasteiger partial charge in [0.15, 0.2) is 4.96 Å². The van der Waals surface area contributed by atoms with Crippen LogP contribution in [0.3, 0.4) is 0 Å². The number of rotatable bonds is 4. The zero-order chi connectivity index (χ0) is 14.8. The Morgan fingerprint density at radius 3 is 3.00 bits per heavy atom. The van der Waals surface area contributed by atoms with Crippen LogP contribution in [-0.4, -0.2) is 21.8 Å². The third-order valence-corrected chi connectivity index (χ3v) is 4.38. The molecule has 2 aromatic heterocycles. The van der Waals surface area contributed by atoms with E-state index >= 15 is 0 Å². The van der Waals surface area contributed by atoms with E-state index in [1.165, 1.54) is 11.3 Å². The summed E-state index contributed by atoms with van der Waals surface area (Å²) in [6.45, 7) is 0.491. The number of nitrogens with zero attached hydrogens (tertiary/aromatic N) is 2. The van der Waals surface area contributed by atoms with Crippen LogP contribution in [-0.2, 0) is 6.42 Å². The summed E-state index contributed by atoms with van der Waals surface area (Å²) in [5.74, 6) is -0.184. The number of carbonyl (C=O) groups is 1. The first-order valence-electron chi connectivity index (χ1n) is 6.28. The van der Waals surface area contributed by atoms with Crippen LogP contribution in [0.5, 0.6) is 0 Å². The lowest BCUT2D eigenvalue weighted by molar-refractivity contribution is 0.0950. The topological polar surface area (TPSA) is 46.4 Å². The van der Waals surface area contributed by atoms with Crippen molar-refractivity contribution in [3.05, 3.63) is 57.3 Å². The summed E-state index contributed by atoms with van der Waals surface area (Å²) in [6.07, 6.45) is 4.23. The molecule has 108 valence electrons. The van der Waals surface area contributed by atoms with Gasteiger partial charge in [-0.2, -0.15) is 0 Å². The summed E-state index contributed by atoms with van der Waals surface area (Å²) >= 11 is 13.4. The Labute approximate surface area is 135 Å². The maximum Gasteiger partial charge on any atom is 0.271 e. The monoisotopic (exact) mass is 339 g/mol. The number of fused-ring (bicyclic) bond motifs is 1. The van der Waals surface area contributed by atoms with Crippen LogP contribution < -0.4 is 5.32 Å². The molecule has 4 nitrogen and oxygen atoms in total. The van der Waals surface area contributed by atoms with Crippen molar-refractivity contribution in [2.24, 2.45) is 0 Å². The van der Waals surface area contributed by atoms with Gasteiger partial charge in [-0.05, 0) is 24.1 Å². The normalized spacial score (nSPS) is 11.0. The average Bonchev–Trinajstić information content (AvgIpc) is 3.02. The molecule has 21 heavy (non-hydrogen) atoms. The maximum absolute atomic E-state index is 12.0. The summed E-state index contributed by atoms with van der Waals surface area (Å²) < 4.78 is 1.83. The molecule has 0 aliphatic rings. The van der Waals surface area contributed by atoms with Crippen molar-refractivity contribution >= 4 is 45.4 Å². The fraction of sp³-hybridized carbons (Fsp3) is 0.143. The van der Waals surface area contributed by atoms with Crippen molar-refractivity contribution in [1.29, 1.82) is 0 Å². The van der Waals surface area contributed by atoms with Gasteiger partial charge in [-0.1, -0.05) is 29.3 Å². The van der Waals surface area contributed by atoms with E-state index in [0.29, 0.717) is 28.7 Å². The van der Waals surface area contributed by atoms with E-state index in [2.05, 4.69) is 10.3 Å². The SMILES string of the molecule is O=C(NCCc1ccc(Cl)cc1Cl)c1cn2ccsc2n1. The summed E-state index contributed by atoms with van der Waals surface area (Å²) in [5, 5.41) is 5.97. The van der Waals surface area contributed by atoms with E-state index in [-0.39, 0.29) is 5.91 Å². The highest BCUT2D eigenvalue weighted by Crippen LogP contribution is 2.21. The molecule has 2 heterocycles. The predicted octanol–water partition coefficient (Wildman–Crippen LogP) is 3.68. The van der Waals surface area contributed by atoms with Crippen LogP contribution in [0.1, 0.15) is 16.1 Å². The number of nitrogens with one attached hydrogen (secondary N) is 1. The van der Waals surface area contributed by atoms with Gasteiger partial charge in [0.2, 0.25) is 0 Å². The molecule has 1 aromatic carbocycles. The standard InChI is InChI=1S/C14H11Cl2N3OS/c15-10-2-1-9(11(16)7-10)3-4-17-13(20)12-8-19-5-6-21-14(19)18-12/h1-2,5-8H,3-4H2,(H,17,20). The van der Waals surface area contributed by atoms with Crippen molar-refractivity contribution in [3.8, 4) is 0 Å². The summed E-state index contributed by atoms with van der Waals surface area (Å²) in [5.41, 5.74) is 1.37. The van der Waals surface area contributed by atoms with E-state index < -0.39 is 0 Å². The Morgan fingerprint density at radius 1 is 1.38 bits per heavy atom. The van der Waals surface area contributed by atoms with Gasteiger partial charge in [-0.3, -0.25) is 9.20 Å². The highest BCUT2D eigenvalue weighted by molar-refractivity contribution is 7.15. The molecule has 1 N–H and O–H groups in total. The molecule has 0 aliphatic carbocycles. The molecule has 0 saturated heterocycles. The number of aromatic nitrogens is 2. The lowest BCUT2D eigenvalue weighted by Crippen LogP contribution is -2.26. The molecule has 0 unspecified atom stereocenters. The van der Waals surface area contributed by atoms with E-state index in [9.17, 15) is 4.79 Å². The molecule has 0 spiro atoms. The van der Waals surface area contributed by atoms with Gasteiger partial charge in [-0.15, -0.1) is 11.3 Å². The number of halogens is 2. The lowest BCUT2D eigenvalue weighted by Gasteiger charge is -2.06. The number of imidazole rings is 1. The molecule has 0 fully saturated rings. The molecule has 3 aromatic rings. The van der Waals surface area contributed by atoms with Gasteiger partial charge in [0.05, 0.1) is 0 Å². The quantitative estimate of drug-likeness (QED) is 0.788. The maximum atomic E-state index is 12.0. The predicted molar refractivity (Wildman–Crippen MR) is 85.6 cm³/mol. The van der Waals surface area contributed by atoms with E-state index in [1.54, 1.807) is 18.3 Å². The Hall–Kier alpha value is -1.56. The average molecular weight is 340 g/mol. The molecular weight excluding hydrogens is 329 g/mol. The smallest absolute Gasteiger partial charge is 0.271 e. The molecule has 0 saturated carbocycles. The van der Waals surface area contributed by atoms with Crippen LogP contribution in [0.4, 0.5) is 0 Å². The van der Waals surface area contributed by atoms with Gasteiger partial charge in [0, 0.05) is 34.4 Å². The van der Waals surface area contributed by atoms with Gasteiger partial charge in [0.25, 0.3) is 5.91 Å². The van der Waals surface area contributed by atoms with E-state index in [0.717, 1.165) is 10.5 Å². The van der Waals surface area contributed by atoms with Crippen LogP contribution in [0.2, 0.25) is 10.0 Å². The van der Waals surface area contributed by atoms with Gasteiger partial charge in [-0.25, -0.2) is 4.98 Å². The zero-order valence-electron chi connectivity index (χ0n) is 10.8. The number of hydrogen-bond donors (Lipinski definition) is 1. The van der Waals surface area contributed by atoms with Crippen molar-refractivity contribution < 1.29 is 4.79 Å². The van der Waals surface area contributed by atoms with Crippen molar-refractivity contribution in [2.45, 2.75) is 6.42 Å². The minimum Gasteiger partial charge on any atom is -0.350 e. The number of benzene rings is 1. The molecular formula is C14H11Cl2N3OS. The minimum absolute atomic E-state index is 0.184. The molecule has 1 amide bonds. The fourth-order valence-electron chi connectivity index (χ4n) is 1.96. The van der Waals surface area contributed by atoms with Crippen LogP contribution in [0, 0.1) is 0 Å². The number of carbonyl (C=O) groups excluding carboxylic acids is 1. The highest BCUT2D eigenvalue weighted by atomic mass is 35.5. The number of thiazole rings is 1. The first kappa shape index (κ1) is 14.4. The molecule has 0 radical (unpaired) electrons. The van der Waals surface area contributed by atoms with Gasteiger partial charge < -0.3 is 5.32 Å². The van der Waals surface area contributed by atoms with Crippen LogP contribution in [0.25, 0.3) is 4.96 Å². The molecule has 0 atom stereocenters. The van der Waals surface area contributed by atoms with Crippen molar-refractivity contribution in [2.75, 3.05) is 6.54 Å². The zero-order valence-corrected chi connectivity index (χ0v) is 13.2. The minimum atomic E-state index is -0.184. The highest BCUT2D eigenvalue weighted by Gasteiger charge is 2.11. The second kappa shape index (κ2) is 6.05. The fourth-order valence-corrected chi connectivity index (χ4v) is 3.17. The Bertz CT molecular complexity index is 768. The van der Waals surface area contributed by atoms with E-state index in [4.69, 9.17) is 23.2 Å². The molecule has 0 bridgehead atoms. The second-order valence-electron chi connectivity index (χ2n) is 4.46. The molecule has 7 heteroatoms. The number of amides is 1. The Balaban J connectivity index is 1.59. The summed E-state index contributed by atoms with van der Waals surface area (Å²) in [7, 11) is 0. The van der Waals surface area contributed by atoms with Crippen LogP contribution in [0.15, 0.2) is 36.0 Å².